The fraction of sp³-hybridized carbons (Fsp3) is 0.400. The highest BCUT2D eigenvalue weighted by Crippen LogP contribution is 2.09. The van der Waals surface area contributed by atoms with E-state index in [-0.39, 0.29) is 0 Å². The predicted molar refractivity (Wildman–Crippen MR) is 52.9 cm³/mol. The van der Waals surface area contributed by atoms with Crippen LogP contribution in [0.4, 0.5) is 0 Å². The van der Waals surface area contributed by atoms with Crippen LogP contribution >= 0.6 is 0 Å². The lowest BCUT2D eigenvalue weighted by molar-refractivity contribution is -0.148. The van der Waals surface area contributed by atoms with Gasteiger partial charge >= 0.3 is 5.97 Å². The SMILES string of the molecule is COc1ccc(CC(OC)C(=O)O)cn1. The Morgan fingerprint density at radius 2 is 2.27 bits per heavy atom. The molecule has 0 aliphatic rings. The van der Waals surface area contributed by atoms with Crippen LogP contribution < -0.4 is 4.74 Å². The van der Waals surface area contributed by atoms with E-state index in [1.165, 1.54) is 14.2 Å². The number of carbonyl (C=O) groups is 1. The van der Waals surface area contributed by atoms with Gasteiger partial charge in [-0.3, -0.25) is 0 Å². The van der Waals surface area contributed by atoms with E-state index in [2.05, 4.69) is 4.98 Å². The Bertz CT molecular complexity index is 323. The fourth-order valence-electron chi connectivity index (χ4n) is 1.14. The van der Waals surface area contributed by atoms with Gasteiger partial charge in [-0.05, 0) is 5.56 Å². The summed E-state index contributed by atoms with van der Waals surface area (Å²) in [6.45, 7) is 0. The topological polar surface area (TPSA) is 68.7 Å². The molecule has 1 N–H and O–H groups in total. The van der Waals surface area contributed by atoms with Gasteiger partial charge < -0.3 is 14.6 Å². The highest BCUT2D eigenvalue weighted by Gasteiger charge is 2.16. The lowest BCUT2D eigenvalue weighted by Gasteiger charge is -2.09. The molecule has 1 heterocycles. The van der Waals surface area contributed by atoms with E-state index in [0.29, 0.717) is 12.3 Å². The van der Waals surface area contributed by atoms with Gasteiger partial charge in [-0.15, -0.1) is 0 Å². The van der Waals surface area contributed by atoms with Crippen molar-refractivity contribution in [3.8, 4) is 5.88 Å². The second-order valence-corrected chi connectivity index (χ2v) is 2.98. The first-order chi connectivity index (χ1) is 7.17. The van der Waals surface area contributed by atoms with Crippen LogP contribution in [-0.2, 0) is 16.0 Å². The summed E-state index contributed by atoms with van der Waals surface area (Å²) in [6, 6.07) is 3.45. The van der Waals surface area contributed by atoms with Crippen LogP contribution in [0.5, 0.6) is 5.88 Å². The van der Waals surface area contributed by atoms with Crippen molar-refractivity contribution < 1.29 is 19.4 Å². The average molecular weight is 211 g/mol. The number of hydrogen-bond donors (Lipinski definition) is 1. The van der Waals surface area contributed by atoms with Gasteiger partial charge in [-0.1, -0.05) is 6.07 Å². The van der Waals surface area contributed by atoms with Crippen molar-refractivity contribution >= 4 is 5.97 Å². The molecule has 0 spiro atoms. The molecule has 0 saturated heterocycles. The molecule has 1 aromatic heterocycles. The van der Waals surface area contributed by atoms with Crippen molar-refractivity contribution in [3.05, 3.63) is 23.9 Å². The second kappa shape index (κ2) is 5.31. The minimum Gasteiger partial charge on any atom is -0.481 e. The predicted octanol–water partition coefficient (Wildman–Crippen LogP) is 0.732. The number of pyridine rings is 1. The molecule has 5 heteroatoms. The minimum absolute atomic E-state index is 0.294. The number of rotatable bonds is 5. The Morgan fingerprint density at radius 3 is 2.67 bits per heavy atom. The van der Waals surface area contributed by atoms with Gasteiger partial charge in [-0.25, -0.2) is 9.78 Å². The van der Waals surface area contributed by atoms with Gasteiger partial charge in [0.1, 0.15) is 0 Å². The molecule has 1 aromatic rings. The molecule has 0 amide bonds. The zero-order valence-electron chi connectivity index (χ0n) is 8.64. The third kappa shape index (κ3) is 3.21. The van der Waals surface area contributed by atoms with E-state index in [4.69, 9.17) is 14.6 Å². The summed E-state index contributed by atoms with van der Waals surface area (Å²) >= 11 is 0. The summed E-state index contributed by atoms with van der Waals surface area (Å²) in [5.74, 6) is -0.476. The maximum atomic E-state index is 10.7. The molecule has 1 unspecified atom stereocenters. The number of ether oxygens (including phenoxy) is 2. The van der Waals surface area contributed by atoms with Gasteiger partial charge in [0.25, 0.3) is 0 Å². The molecule has 0 saturated carbocycles. The molecule has 0 aliphatic heterocycles. The Balaban J connectivity index is 2.67. The molecule has 0 fully saturated rings. The van der Waals surface area contributed by atoms with E-state index in [0.717, 1.165) is 5.56 Å². The number of carboxylic acid groups (broad SMARTS) is 1. The first-order valence-corrected chi connectivity index (χ1v) is 4.42. The van der Waals surface area contributed by atoms with Crippen molar-refractivity contribution in [1.82, 2.24) is 4.98 Å². The maximum Gasteiger partial charge on any atom is 0.333 e. The standard InChI is InChI=1S/C10H13NO4/c1-14-8(10(12)13)5-7-3-4-9(15-2)11-6-7/h3-4,6,8H,5H2,1-2H3,(H,12,13). The molecule has 82 valence electrons. The lowest BCUT2D eigenvalue weighted by atomic mass is 10.1. The van der Waals surface area contributed by atoms with Crippen molar-refractivity contribution in [1.29, 1.82) is 0 Å². The smallest absolute Gasteiger partial charge is 0.333 e. The number of carboxylic acids is 1. The van der Waals surface area contributed by atoms with Crippen LogP contribution in [0.25, 0.3) is 0 Å². The van der Waals surface area contributed by atoms with Gasteiger partial charge in [-0.2, -0.15) is 0 Å². The number of methoxy groups -OCH3 is 2. The Labute approximate surface area is 87.7 Å². The van der Waals surface area contributed by atoms with Gasteiger partial charge in [0, 0.05) is 25.8 Å². The van der Waals surface area contributed by atoms with Gasteiger partial charge in [0.15, 0.2) is 6.10 Å². The third-order valence-electron chi connectivity index (χ3n) is 1.99. The largest absolute Gasteiger partial charge is 0.481 e. The number of hydrogen-bond acceptors (Lipinski definition) is 4. The van der Waals surface area contributed by atoms with Crippen LogP contribution in [0.1, 0.15) is 5.56 Å². The monoisotopic (exact) mass is 211 g/mol. The fourth-order valence-corrected chi connectivity index (χ4v) is 1.14. The molecule has 1 rings (SSSR count). The Hall–Kier alpha value is -1.62. The molecule has 0 aliphatic carbocycles. The number of aliphatic carboxylic acids is 1. The van der Waals surface area contributed by atoms with Crippen molar-refractivity contribution in [2.45, 2.75) is 12.5 Å². The van der Waals surface area contributed by atoms with E-state index >= 15 is 0 Å². The summed E-state index contributed by atoms with van der Waals surface area (Å²) in [7, 11) is 2.90. The van der Waals surface area contributed by atoms with Crippen LogP contribution in [0.15, 0.2) is 18.3 Å². The normalized spacial score (nSPS) is 12.1. The minimum atomic E-state index is -0.978. The average Bonchev–Trinajstić information content (AvgIpc) is 2.26. The Morgan fingerprint density at radius 1 is 1.53 bits per heavy atom. The zero-order valence-corrected chi connectivity index (χ0v) is 8.64. The molecule has 0 radical (unpaired) electrons. The highest BCUT2D eigenvalue weighted by molar-refractivity contribution is 5.72. The molecule has 5 nitrogen and oxygen atoms in total. The summed E-state index contributed by atoms with van der Waals surface area (Å²) in [6.07, 6.45) is 1.04. The lowest BCUT2D eigenvalue weighted by Crippen LogP contribution is -2.24. The van der Waals surface area contributed by atoms with Crippen molar-refractivity contribution in [3.63, 3.8) is 0 Å². The van der Waals surface area contributed by atoms with Crippen molar-refractivity contribution in [2.24, 2.45) is 0 Å². The first kappa shape index (κ1) is 11.5. The van der Waals surface area contributed by atoms with Gasteiger partial charge in [0.05, 0.1) is 7.11 Å². The molecule has 0 aromatic carbocycles. The van der Waals surface area contributed by atoms with E-state index in [1.54, 1.807) is 18.3 Å². The number of nitrogens with zero attached hydrogens (tertiary/aromatic N) is 1. The van der Waals surface area contributed by atoms with Crippen LogP contribution in [-0.4, -0.2) is 36.4 Å². The summed E-state index contributed by atoms with van der Waals surface area (Å²) in [5, 5.41) is 8.77. The molecule has 15 heavy (non-hydrogen) atoms. The number of aromatic nitrogens is 1. The summed E-state index contributed by atoms with van der Waals surface area (Å²) in [4.78, 5) is 14.7. The van der Waals surface area contributed by atoms with Crippen LogP contribution in [0, 0.1) is 0 Å². The summed E-state index contributed by atoms with van der Waals surface area (Å²) < 4.78 is 9.70. The second-order valence-electron chi connectivity index (χ2n) is 2.98. The van der Waals surface area contributed by atoms with Crippen LogP contribution in [0.3, 0.4) is 0 Å². The summed E-state index contributed by atoms with van der Waals surface area (Å²) in [5.41, 5.74) is 0.796. The molecule has 0 bridgehead atoms. The van der Waals surface area contributed by atoms with E-state index in [9.17, 15) is 4.79 Å². The van der Waals surface area contributed by atoms with Gasteiger partial charge in [0.2, 0.25) is 5.88 Å². The molecule has 1 atom stereocenters. The third-order valence-corrected chi connectivity index (χ3v) is 1.99. The van der Waals surface area contributed by atoms with E-state index < -0.39 is 12.1 Å². The highest BCUT2D eigenvalue weighted by atomic mass is 16.5. The first-order valence-electron chi connectivity index (χ1n) is 4.42. The van der Waals surface area contributed by atoms with E-state index in [1.807, 2.05) is 0 Å². The molecular weight excluding hydrogens is 198 g/mol. The van der Waals surface area contributed by atoms with Crippen molar-refractivity contribution in [2.75, 3.05) is 14.2 Å². The molecular formula is C10H13NO4. The van der Waals surface area contributed by atoms with Crippen LogP contribution in [0.2, 0.25) is 0 Å². The Kier molecular flexibility index (Phi) is 4.05. The zero-order chi connectivity index (χ0) is 11.3. The quantitative estimate of drug-likeness (QED) is 0.777. The maximum absolute atomic E-state index is 10.7.